The Hall–Kier alpha value is -1.26. The Morgan fingerprint density at radius 1 is 1.44 bits per heavy atom. The van der Waals surface area contributed by atoms with Crippen LogP contribution in [0.1, 0.15) is 12.5 Å². The van der Waals surface area contributed by atoms with Gasteiger partial charge in [-0.05, 0) is 18.2 Å². The van der Waals surface area contributed by atoms with Crippen LogP contribution < -0.4 is 15.2 Å². The van der Waals surface area contributed by atoms with Crippen molar-refractivity contribution in [3.05, 3.63) is 28.8 Å². The largest absolute Gasteiger partial charge is 0.320 e. The van der Waals surface area contributed by atoms with E-state index < -0.39 is 10.2 Å². The zero-order valence-corrected chi connectivity index (χ0v) is 11.4. The minimum atomic E-state index is -3.61. The van der Waals surface area contributed by atoms with Gasteiger partial charge in [-0.2, -0.15) is 13.1 Å². The lowest BCUT2D eigenvalue weighted by atomic mass is 10.2. The quantitative estimate of drug-likeness (QED) is 0.720. The molecule has 0 aliphatic carbocycles. The molecule has 5 nitrogen and oxygen atoms in total. The van der Waals surface area contributed by atoms with Gasteiger partial charge in [0.05, 0.1) is 12.2 Å². The molecular weight excluding hydrogens is 274 g/mol. The molecule has 7 heteroatoms. The van der Waals surface area contributed by atoms with Gasteiger partial charge in [0.1, 0.15) is 0 Å². The van der Waals surface area contributed by atoms with Crippen LogP contribution in [0.5, 0.6) is 0 Å². The van der Waals surface area contributed by atoms with Crippen molar-refractivity contribution in [1.82, 2.24) is 4.72 Å². The van der Waals surface area contributed by atoms with Gasteiger partial charge in [0.15, 0.2) is 0 Å². The summed E-state index contributed by atoms with van der Waals surface area (Å²) >= 11 is 5.83. The van der Waals surface area contributed by atoms with E-state index in [0.29, 0.717) is 22.8 Å². The maximum absolute atomic E-state index is 11.6. The summed E-state index contributed by atoms with van der Waals surface area (Å²) in [6, 6.07) is 4.76. The lowest BCUT2D eigenvalue weighted by molar-refractivity contribution is 0.589. The fourth-order valence-corrected chi connectivity index (χ4v) is 2.31. The normalized spacial score (nSPS) is 10.6. The summed E-state index contributed by atoms with van der Waals surface area (Å²) in [6.45, 7) is 2.17. The van der Waals surface area contributed by atoms with E-state index in [1.54, 1.807) is 19.1 Å². The minimum Gasteiger partial charge on any atom is -0.320 e. The van der Waals surface area contributed by atoms with E-state index in [1.165, 1.54) is 6.07 Å². The van der Waals surface area contributed by atoms with Crippen LogP contribution in [0.15, 0.2) is 18.2 Å². The van der Waals surface area contributed by atoms with Gasteiger partial charge in [-0.25, -0.2) is 0 Å². The van der Waals surface area contributed by atoms with Crippen LogP contribution in [0.3, 0.4) is 0 Å². The second-order valence-corrected chi connectivity index (χ2v) is 5.24. The van der Waals surface area contributed by atoms with E-state index in [4.69, 9.17) is 17.3 Å². The van der Waals surface area contributed by atoms with Gasteiger partial charge >= 0.3 is 0 Å². The van der Waals surface area contributed by atoms with Crippen molar-refractivity contribution in [2.75, 3.05) is 17.8 Å². The highest BCUT2D eigenvalue weighted by Gasteiger charge is 2.10. The van der Waals surface area contributed by atoms with Crippen LogP contribution in [-0.2, 0) is 10.2 Å². The highest BCUT2D eigenvalue weighted by atomic mass is 35.5. The van der Waals surface area contributed by atoms with Gasteiger partial charge in [-0.1, -0.05) is 30.4 Å². The first kappa shape index (κ1) is 14.8. The molecule has 98 valence electrons. The van der Waals surface area contributed by atoms with Gasteiger partial charge in [-0.15, -0.1) is 0 Å². The molecule has 0 saturated carbocycles. The number of hydrogen-bond acceptors (Lipinski definition) is 3. The lowest BCUT2D eigenvalue weighted by Crippen LogP contribution is -2.30. The topological polar surface area (TPSA) is 84.2 Å². The zero-order valence-electron chi connectivity index (χ0n) is 9.83. The summed E-state index contributed by atoms with van der Waals surface area (Å²) in [5, 5.41) is 0.419. The molecule has 0 unspecified atom stereocenters. The van der Waals surface area contributed by atoms with Crippen molar-refractivity contribution >= 4 is 27.5 Å². The summed E-state index contributed by atoms with van der Waals surface area (Å²) in [5.41, 5.74) is 6.12. The summed E-state index contributed by atoms with van der Waals surface area (Å²) in [7, 11) is -3.61. The van der Waals surface area contributed by atoms with Crippen molar-refractivity contribution in [2.24, 2.45) is 5.73 Å². The maximum Gasteiger partial charge on any atom is 0.299 e. The number of halogens is 1. The Morgan fingerprint density at radius 3 is 2.78 bits per heavy atom. The molecule has 0 heterocycles. The SMILES string of the molecule is CCNS(=O)(=O)Nc1cc(Cl)ccc1C#CCN. The molecular formula is C11H14ClN3O2S. The standard InChI is InChI=1S/C11H14ClN3O2S/c1-2-14-18(16,17)15-11-8-10(12)6-5-9(11)4-3-7-13/h5-6,8,14-15H,2,7,13H2,1H3. The average Bonchev–Trinajstić information content (AvgIpc) is 2.27. The van der Waals surface area contributed by atoms with Crippen molar-refractivity contribution < 1.29 is 8.42 Å². The zero-order chi connectivity index (χ0) is 13.6. The van der Waals surface area contributed by atoms with Crippen LogP contribution >= 0.6 is 11.6 Å². The van der Waals surface area contributed by atoms with Crippen LogP contribution in [0.4, 0.5) is 5.69 Å². The van der Waals surface area contributed by atoms with E-state index in [2.05, 4.69) is 21.3 Å². The summed E-state index contributed by atoms with van der Waals surface area (Å²) in [6.07, 6.45) is 0. The smallest absolute Gasteiger partial charge is 0.299 e. The molecule has 1 aromatic rings. The van der Waals surface area contributed by atoms with Crippen molar-refractivity contribution in [1.29, 1.82) is 0 Å². The molecule has 0 aromatic heterocycles. The molecule has 0 aliphatic heterocycles. The van der Waals surface area contributed by atoms with Gasteiger partial charge in [0.2, 0.25) is 0 Å². The highest BCUT2D eigenvalue weighted by Crippen LogP contribution is 2.21. The number of nitrogens with two attached hydrogens (primary N) is 1. The summed E-state index contributed by atoms with van der Waals surface area (Å²) < 4.78 is 27.9. The van der Waals surface area contributed by atoms with Crippen LogP contribution in [0, 0.1) is 11.8 Å². The fourth-order valence-electron chi connectivity index (χ4n) is 1.23. The predicted molar refractivity (Wildman–Crippen MR) is 73.6 cm³/mol. The molecule has 1 rings (SSSR count). The number of benzene rings is 1. The van der Waals surface area contributed by atoms with E-state index in [-0.39, 0.29) is 6.54 Å². The third kappa shape index (κ3) is 4.55. The molecule has 0 fully saturated rings. The Bertz CT molecular complexity index is 576. The Kier molecular flexibility index (Phi) is 5.44. The Balaban J connectivity index is 3.10. The molecule has 0 spiro atoms. The first-order valence-electron chi connectivity index (χ1n) is 5.24. The molecule has 0 aliphatic rings. The number of rotatable bonds is 4. The predicted octanol–water partition coefficient (Wildman–Crippen LogP) is 0.916. The molecule has 0 bridgehead atoms. The van der Waals surface area contributed by atoms with Gasteiger partial charge in [-0.3, -0.25) is 4.72 Å². The molecule has 0 amide bonds. The first-order chi connectivity index (χ1) is 8.48. The van der Waals surface area contributed by atoms with Crippen molar-refractivity contribution in [3.63, 3.8) is 0 Å². The van der Waals surface area contributed by atoms with Crippen LogP contribution in [0.25, 0.3) is 0 Å². The van der Waals surface area contributed by atoms with Crippen LogP contribution in [0.2, 0.25) is 5.02 Å². The third-order valence-electron chi connectivity index (χ3n) is 1.89. The lowest BCUT2D eigenvalue weighted by Gasteiger charge is -2.10. The van der Waals surface area contributed by atoms with E-state index in [0.717, 1.165) is 0 Å². The monoisotopic (exact) mass is 287 g/mol. The second-order valence-electron chi connectivity index (χ2n) is 3.30. The van der Waals surface area contributed by atoms with E-state index >= 15 is 0 Å². The number of hydrogen-bond donors (Lipinski definition) is 3. The van der Waals surface area contributed by atoms with E-state index in [9.17, 15) is 8.42 Å². The van der Waals surface area contributed by atoms with Crippen LogP contribution in [-0.4, -0.2) is 21.5 Å². The number of nitrogens with one attached hydrogen (secondary N) is 2. The second kappa shape index (κ2) is 6.61. The number of anilines is 1. The van der Waals surface area contributed by atoms with E-state index in [1.807, 2.05) is 0 Å². The molecule has 18 heavy (non-hydrogen) atoms. The Morgan fingerprint density at radius 2 is 2.17 bits per heavy atom. The van der Waals surface area contributed by atoms with Gasteiger partial charge in [0, 0.05) is 17.1 Å². The third-order valence-corrected chi connectivity index (χ3v) is 3.28. The molecule has 0 saturated heterocycles. The van der Waals surface area contributed by atoms with Gasteiger partial charge < -0.3 is 5.73 Å². The summed E-state index contributed by atoms with van der Waals surface area (Å²) in [4.78, 5) is 0. The van der Waals surface area contributed by atoms with Gasteiger partial charge in [0.25, 0.3) is 10.2 Å². The minimum absolute atomic E-state index is 0.196. The molecule has 0 atom stereocenters. The highest BCUT2D eigenvalue weighted by molar-refractivity contribution is 7.90. The average molecular weight is 288 g/mol. The molecule has 0 radical (unpaired) electrons. The molecule has 1 aromatic carbocycles. The van der Waals surface area contributed by atoms with Crippen molar-refractivity contribution in [2.45, 2.75) is 6.92 Å². The molecule has 4 N–H and O–H groups in total. The van der Waals surface area contributed by atoms with Crippen molar-refractivity contribution in [3.8, 4) is 11.8 Å². The Labute approximate surface area is 112 Å². The maximum atomic E-state index is 11.6. The first-order valence-corrected chi connectivity index (χ1v) is 7.10. The fraction of sp³-hybridized carbons (Fsp3) is 0.273. The summed E-state index contributed by atoms with van der Waals surface area (Å²) in [5.74, 6) is 5.44.